The van der Waals surface area contributed by atoms with E-state index in [-0.39, 0.29) is 17.8 Å². The molecule has 3 fully saturated rings. The highest BCUT2D eigenvalue weighted by molar-refractivity contribution is 5.88. The first-order valence-corrected chi connectivity index (χ1v) is 12.1. The first-order valence-electron chi connectivity index (χ1n) is 12.1. The lowest BCUT2D eigenvalue weighted by molar-refractivity contribution is -0.176. The minimum Gasteiger partial charge on any atom is -0.458 e. The van der Waals surface area contributed by atoms with Crippen molar-refractivity contribution in [2.75, 3.05) is 0 Å². The first-order chi connectivity index (χ1) is 16.2. The van der Waals surface area contributed by atoms with Crippen molar-refractivity contribution in [3.63, 3.8) is 0 Å². The van der Waals surface area contributed by atoms with E-state index in [0.717, 1.165) is 0 Å². The molecule has 7 atom stereocenters. The number of esters is 3. The summed E-state index contributed by atoms with van der Waals surface area (Å²) in [6, 6.07) is 0. The molecule has 0 amide bonds. The molecule has 1 aliphatic carbocycles. The maximum Gasteiger partial charge on any atom is 0.333 e. The van der Waals surface area contributed by atoms with Gasteiger partial charge in [-0.25, -0.2) is 9.59 Å². The summed E-state index contributed by atoms with van der Waals surface area (Å²) in [6.07, 6.45) is 1.60. The third-order valence-electron chi connectivity index (χ3n) is 7.48. The summed E-state index contributed by atoms with van der Waals surface area (Å²) in [5.41, 5.74) is 0.417. The topological polar surface area (TPSA) is 104 Å². The molecule has 0 N–H and O–H groups in total. The van der Waals surface area contributed by atoms with Gasteiger partial charge in [0, 0.05) is 30.4 Å². The molecular weight excluding hydrogens is 452 g/mol. The highest BCUT2D eigenvalue weighted by Gasteiger charge is 2.68. The number of carbonyl (C=O) groups is 3. The van der Waals surface area contributed by atoms with Crippen LogP contribution in [0.4, 0.5) is 0 Å². The Morgan fingerprint density at radius 2 is 1.57 bits per heavy atom. The maximum absolute atomic E-state index is 12.7. The van der Waals surface area contributed by atoms with Crippen LogP contribution in [0.25, 0.3) is 0 Å². The van der Waals surface area contributed by atoms with Gasteiger partial charge < -0.3 is 23.7 Å². The largest absolute Gasteiger partial charge is 0.458 e. The van der Waals surface area contributed by atoms with Gasteiger partial charge in [0.25, 0.3) is 0 Å². The van der Waals surface area contributed by atoms with Crippen LogP contribution in [0, 0.1) is 5.92 Å². The molecule has 2 heterocycles. The number of ether oxygens (including phenoxy) is 5. The van der Waals surface area contributed by atoms with E-state index in [1.807, 2.05) is 20.8 Å². The molecule has 0 aromatic heterocycles. The molecule has 1 unspecified atom stereocenters. The lowest BCUT2D eigenvalue weighted by Crippen LogP contribution is -2.54. The van der Waals surface area contributed by atoms with E-state index in [4.69, 9.17) is 23.7 Å². The minimum atomic E-state index is -0.838. The molecule has 194 valence electrons. The number of hydrogen-bond donors (Lipinski definition) is 0. The Bertz CT molecular complexity index is 960. The molecule has 2 saturated heterocycles. The predicted molar refractivity (Wildman–Crippen MR) is 128 cm³/mol. The van der Waals surface area contributed by atoms with Crippen molar-refractivity contribution in [1.82, 2.24) is 0 Å². The second kappa shape index (κ2) is 9.90. The molecule has 3 aliphatic rings. The third-order valence-corrected chi connectivity index (χ3v) is 7.48. The Labute approximate surface area is 207 Å². The zero-order chi connectivity index (χ0) is 26.3. The van der Waals surface area contributed by atoms with Gasteiger partial charge in [0.05, 0.1) is 17.8 Å². The van der Waals surface area contributed by atoms with Crippen molar-refractivity contribution in [3.8, 4) is 0 Å². The molecule has 3 rings (SSSR count). The van der Waals surface area contributed by atoms with Crippen LogP contribution in [-0.4, -0.2) is 59.6 Å². The van der Waals surface area contributed by atoms with E-state index >= 15 is 0 Å². The third kappa shape index (κ3) is 5.70. The minimum absolute atomic E-state index is 0.105. The second-order valence-corrected chi connectivity index (χ2v) is 10.4. The van der Waals surface area contributed by atoms with Crippen LogP contribution in [0.15, 0.2) is 35.5 Å². The van der Waals surface area contributed by atoms with Crippen molar-refractivity contribution in [2.45, 2.75) is 110 Å². The van der Waals surface area contributed by atoms with Gasteiger partial charge in [-0.15, -0.1) is 0 Å². The fourth-order valence-corrected chi connectivity index (χ4v) is 4.63. The predicted octanol–water partition coefficient (Wildman–Crippen LogP) is 3.98. The van der Waals surface area contributed by atoms with Gasteiger partial charge in [-0.2, -0.15) is 0 Å². The molecule has 0 aromatic rings. The van der Waals surface area contributed by atoms with Gasteiger partial charge in [-0.3, -0.25) is 4.79 Å². The average molecular weight is 491 g/mol. The van der Waals surface area contributed by atoms with Gasteiger partial charge in [-0.1, -0.05) is 18.7 Å². The standard InChI is InChI=1S/C27H38O8/c1-10-14(3)24(29)32-19(13-20-26(7,8)34-20)16(5)18-12-21-27(9,35-21)23(22(18)31-17(6)28)33-25(30)15(4)11-2/h10-11,18-23H,5,12-13H2,1-4,6-9H3/b14-10+,15-11+/t18-,19?,20-,21-,22+,23+,27-/m0/s1. The SMILES string of the molecule is C=C(C(C[C@@H]1OC1(C)C)OC(=O)/C(C)=C/C)[C@@H]1C[C@@H]2O[C@]2(C)[C@H](OC(=O)/C(C)=C/C)[C@@H]1OC(C)=O. The maximum atomic E-state index is 12.7. The molecule has 0 spiro atoms. The Kier molecular flexibility index (Phi) is 7.67. The summed E-state index contributed by atoms with van der Waals surface area (Å²) in [5.74, 6) is -1.91. The molecule has 2 aliphatic heterocycles. The Morgan fingerprint density at radius 3 is 2.09 bits per heavy atom. The van der Waals surface area contributed by atoms with Crippen LogP contribution in [-0.2, 0) is 38.1 Å². The number of rotatable bonds is 9. The van der Waals surface area contributed by atoms with Crippen molar-refractivity contribution in [2.24, 2.45) is 5.92 Å². The molecular formula is C27H38O8. The zero-order valence-corrected chi connectivity index (χ0v) is 22.0. The summed E-state index contributed by atoms with van der Waals surface area (Å²) in [7, 11) is 0. The van der Waals surface area contributed by atoms with Crippen molar-refractivity contribution in [3.05, 3.63) is 35.5 Å². The monoisotopic (exact) mass is 490 g/mol. The summed E-state index contributed by atoms with van der Waals surface area (Å²) in [6.45, 7) is 18.3. The molecule has 8 nitrogen and oxygen atoms in total. The van der Waals surface area contributed by atoms with Gasteiger partial charge in [0.2, 0.25) is 0 Å². The van der Waals surface area contributed by atoms with E-state index < -0.39 is 47.7 Å². The number of allylic oxidation sites excluding steroid dienone is 2. The highest BCUT2D eigenvalue weighted by Crippen LogP contribution is 2.54. The second-order valence-electron chi connectivity index (χ2n) is 10.4. The number of carbonyl (C=O) groups excluding carboxylic acids is 3. The van der Waals surface area contributed by atoms with Crippen LogP contribution in [0.2, 0.25) is 0 Å². The molecule has 8 heteroatoms. The van der Waals surface area contributed by atoms with Crippen molar-refractivity contribution >= 4 is 17.9 Å². The first kappa shape index (κ1) is 27.1. The summed E-state index contributed by atoms with van der Waals surface area (Å²) < 4.78 is 29.2. The number of hydrogen-bond acceptors (Lipinski definition) is 8. The normalized spacial score (nSPS) is 34.2. The van der Waals surface area contributed by atoms with E-state index in [2.05, 4.69) is 6.58 Å². The smallest absolute Gasteiger partial charge is 0.333 e. The zero-order valence-electron chi connectivity index (χ0n) is 22.0. The highest BCUT2D eigenvalue weighted by atomic mass is 16.7. The van der Waals surface area contributed by atoms with Gasteiger partial charge in [-0.05, 0) is 60.5 Å². The summed E-state index contributed by atoms with van der Waals surface area (Å²) in [5, 5.41) is 0. The van der Waals surface area contributed by atoms with E-state index in [9.17, 15) is 14.4 Å². The van der Waals surface area contributed by atoms with Crippen molar-refractivity contribution in [1.29, 1.82) is 0 Å². The lowest BCUT2D eigenvalue weighted by Gasteiger charge is -2.40. The van der Waals surface area contributed by atoms with Crippen LogP contribution in [0.1, 0.15) is 68.2 Å². The Balaban J connectivity index is 1.91. The lowest BCUT2D eigenvalue weighted by atomic mass is 9.73. The van der Waals surface area contributed by atoms with Crippen LogP contribution >= 0.6 is 0 Å². The summed E-state index contributed by atoms with van der Waals surface area (Å²) in [4.78, 5) is 37.5. The van der Waals surface area contributed by atoms with Crippen LogP contribution < -0.4 is 0 Å². The van der Waals surface area contributed by atoms with Gasteiger partial charge in [0.15, 0.2) is 6.10 Å². The van der Waals surface area contributed by atoms with E-state index in [1.54, 1.807) is 39.8 Å². The van der Waals surface area contributed by atoms with Gasteiger partial charge >= 0.3 is 17.9 Å². The average Bonchev–Trinajstić information content (AvgIpc) is 3.65. The van der Waals surface area contributed by atoms with Crippen LogP contribution in [0.3, 0.4) is 0 Å². The molecule has 35 heavy (non-hydrogen) atoms. The number of epoxide rings is 2. The summed E-state index contributed by atoms with van der Waals surface area (Å²) >= 11 is 0. The molecule has 0 aromatic carbocycles. The molecule has 1 saturated carbocycles. The molecule has 0 radical (unpaired) electrons. The van der Waals surface area contributed by atoms with Gasteiger partial charge in [0.1, 0.15) is 17.8 Å². The fraction of sp³-hybridized carbons (Fsp3) is 0.667. The Morgan fingerprint density at radius 1 is 1.00 bits per heavy atom. The van der Waals surface area contributed by atoms with Crippen molar-refractivity contribution < 1.29 is 38.1 Å². The fourth-order valence-electron chi connectivity index (χ4n) is 4.63. The molecule has 0 bridgehead atoms. The number of fused-ring (bicyclic) bond motifs is 1. The van der Waals surface area contributed by atoms with E-state index in [0.29, 0.717) is 29.6 Å². The van der Waals surface area contributed by atoms with Crippen LogP contribution in [0.5, 0.6) is 0 Å². The van der Waals surface area contributed by atoms with E-state index in [1.165, 1.54) is 6.92 Å². The Hall–Kier alpha value is -2.45. The quantitative estimate of drug-likeness (QED) is 0.157.